The third-order valence-electron chi connectivity index (χ3n) is 3.48. The van der Waals surface area contributed by atoms with Crippen molar-refractivity contribution >= 4 is 5.91 Å². The summed E-state index contributed by atoms with van der Waals surface area (Å²) in [4.78, 5) is 38.7. The number of ether oxygens (including phenoxy) is 1. The van der Waals surface area contributed by atoms with Crippen LogP contribution in [-0.2, 0) is 16.1 Å². The fourth-order valence-electron chi connectivity index (χ4n) is 2.30. The number of H-pyrrole nitrogens is 1. The molecule has 20 heavy (non-hydrogen) atoms. The van der Waals surface area contributed by atoms with Gasteiger partial charge in [-0.1, -0.05) is 6.92 Å². The number of rotatable bonds is 4. The molecule has 1 amide bonds. The Morgan fingerprint density at radius 1 is 1.50 bits per heavy atom. The second-order valence-electron chi connectivity index (χ2n) is 4.78. The van der Waals surface area contributed by atoms with Gasteiger partial charge in [-0.25, -0.2) is 4.79 Å². The number of aryl methyl sites for hydroxylation is 1. The second-order valence-corrected chi connectivity index (χ2v) is 4.78. The van der Waals surface area contributed by atoms with Gasteiger partial charge in [0.05, 0.1) is 19.3 Å². The van der Waals surface area contributed by atoms with Crippen LogP contribution in [0, 0.1) is 0 Å². The van der Waals surface area contributed by atoms with E-state index in [0.717, 1.165) is 6.42 Å². The lowest BCUT2D eigenvalue weighted by molar-refractivity contribution is -0.140. The summed E-state index contributed by atoms with van der Waals surface area (Å²) in [7, 11) is 0. The Labute approximate surface area is 116 Å². The molecule has 2 heterocycles. The van der Waals surface area contributed by atoms with Crippen molar-refractivity contribution in [2.75, 3.05) is 19.8 Å². The Kier molecular flexibility index (Phi) is 4.73. The van der Waals surface area contributed by atoms with E-state index in [1.165, 1.54) is 16.8 Å². The average Bonchev–Trinajstić information content (AvgIpc) is 2.46. The summed E-state index contributed by atoms with van der Waals surface area (Å²) in [5, 5.41) is 0. The summed E-state index contributed by atoms with van der Waals surface area (Å²) in [6, 6.07) is 1.39. The molecule has 110 valence electrons. The third-order valence-corrected chi connectivity index (χ3v) is 3.48. The molecule has 1 aliphatic rings. The van der Waals surface area contributed by atoms with Crippen LogP contribution in [0.1, 0.15) is 19.8 Å². The summed E-state index contributed by atoms with van der Waals surface area (Å²) in [5.41, 5.74) is -0.920. The van der Waals surface area contributed by atoms with E-state index in [2.05, 4.69) is 4.98 Å². The van der Waals surface area contributed by atoms with Crippen molar-refractivity contribution < 1.29 is 9.53 Å². The first kappa shape index (κ1) is 14.5. The molecule has 0 radical (unpaired) electrons. The van der Waals surface area contributed by atoms with Gasteiger partial charge in [0, 0.05) is 31.8 Å². The molecule has 1 fully saturated rings. The minimum Gasteiger partial charge on any atom is -0.377 e. The lowest BCUT2D eigenvalue weighted by Crippen LogP contribution is -2.48. The highest BCUT2D eigenvalue weighted by atomic mass is 16.5. The van der Waals surface area contributed by atoms with Crippen LogP contribution in [-0.4, -0.2) is 46.2 Å². The Morgan fingerprint density at radius 3 is 3.00 bits per heavy atom. The van der Waals surface area contributed by atoms with Crippen molar-refractivity contribution in [1.82, 2.24) is 14.5 Å². The summed E-state index contributed by atoms with van der Waals surface area (Å²) in [5.74, 6) is 0.0123. The molecular weight excluding hydrogens is 262 g/mol. The first-order valence-corrected chi connectivity index (χ1v) is 6.78. The normalized spacial score (nSPS) is 19.1. The fourth-order valence-corrected chi connectivity index (χ4v) is 2.30. The molecule has 2 rings (SSSR count). The molecule has 1 unspecified atom stereocenters. The Hall–Kier alpha value is -1.89. The zero-order chi connectivity index (χ0) is 14.5. The first-order chi connectivity index (χ1) is 9.61. The second kappa shape index (κ2) is 6.51. The number of nitrogens with one attached hydrogen (secondary N) is 1. The largest absolute Gasteiger partial charge is 0.377 e. The number of amides is 1. The maximum Gasteiger partial charge on any atom is 0.328 e. The molecule has 0 bridgehead atoms. The topological polar surface area (TPSA) is 84.4 Å². The van der Waals surface area contributed by atoms with Crippen LogP contribution in [0.4, 0.5) is 0 Å². The van der Waals surface area contributed by atoms with Gasteiger partial charge in [0.1, 0.15) is 0 Å². The molecule has 1 aromatic rings. The van der Waals surface area contributed by atoms with Crippen LogP contribution in [0.5, 0.6) is 0 Å². The van der Waals surface area contributed by atoms with Gasteiger partial charge < -0.3 is 14.2 Å². The molecule has 7 heteroatoms. The average molecular weight is 281 g/mol. The summed E-state index contributed by atoms with van der Waals surface area (Å²) in [6.07, 6.45) is 2.50. The minimum absolute atomic E-state index is 0.0123. The molecule has 0 saturated carbocycles. The highest BCUT2D eigenvalue weighted by Crippen LogP contribution is 2.11. The molecule has 1 N–H and O–H groups in total. The molecular formula is C13H19N3O4. The summed E-state index contributed by atoms with van der Waals surface area (Å²) in [6.45, 7) is 4.01. The van der Waals surface area contributed by atoms with Crippen molar-refractivity contribution in [3.63, 3.8) is 0 Å². The molecule has 7 nitrogen and oxygen atoms in total. The van der Waals surface area contributed by atoms with E-state index in [1.54, 1.807) is 0 Å². The standard InChI is InChI=1S/C13H19N3O4/c1-2-10-9-20-8-7-16(10)12(18)4-6-15-5-3-11(17)14-13(15)19/h3,5,10H,2,4,6-9H2,1H3,(H,14,17,19). The van der Waals surface area contributed by atoms with Crippen molar-refractivity contribution in [1.29, 1.82) is 0 Å². The Morgan fingerprint density at radius 2 is 2.30 bits per heavy atom. The van der Waals surface area contributed by atoms with E-state index in [0.29, 0.717) is 19.8 Å². The summed E-state index contributed by atoms with van der Waals surface area (Å²) < 4.78 is 6.69. The van der Waals surface area contributed by atoms with Crippen LogP contribution in [0.3, 0.4) is 0 Å². The maximum absolute atomic E-state index is 12.2. The quantitative estimate of drug-likeness (QED) is 0.811. The van der Waals surface area contributed by atoms with E-state index in [9.17, 15) is 14.4 Å². The predicted molar refractivity (Wildman–Crippen MR) is 72.6 cm³/mol. The van der Waals surface area contributed by atoms with Gasteiger partial charge in [-0.3, -0.25) is 14.6 Å². The van der Waals surface area contributed by atoms with E-state index in [1.807, 2.05) is 11.8 Å². The fraction of sp³-hybridized carbons (Fsp3) is 0.615. The van der Waals surface area contributed by atoms with E-state index < -0.39 is 11.2 Å². The number of carbonyl (C=O) groups excluding carboxylic acids is 1. The number of aromatic nitrogens is 2. The minimum atomic E-state index is -0.487. The Bertz CT molecular complexity index is 577. The van der Waals surface area contributed by atoms with Gasteiger partial charge >= 0.3 is 5.69 Å². The van der Waals surface area contributed by atoms with Crippen LogP contribution in [0.25, 0.3) is 0 Å². The van der Waals surface area contributed by atoms with E-state index >= 15 is 0 Å². The monoisotopic (exact) mass is 281 g/mol. The van der Waals surface area contributed by atoms with Gasteiger partial charge in [-0.2, -0.15) is 0 Å². The summed E-state index contributed by atoms with van der Waals surface area (Å²) >= 11 is 0. The smallest absolute Gasteiger partial charge is 0.328 e. The van der Waals surface area contributed by atoms with Crippen LogP contribution < -0.4 is 11.2 Å². The number of morpholine rings is 1. The SMILES string of the molecule is CCC1COCCN1C(=O)CCn1ccc(=O)[nH]c1=O. The van der Waals surface area contributed by atoms with Gasteiger partial charge in [0.25, 0.3) is 5.56 Å². The van der Waals surface area contributed by atoms with E-state index in [4.69, 9.17) is 4.74 Å². The first-order valence-electron chi connectivity index (χ1n) is 6.78. The predicted octanol–water partition coefficient (Wildman–Crippen LogP) is -0.436. The number of hydrogen-bond acceptors (Lipinski definition) is 4. The lowest BCUT2D eigenvalue weighted by atomic mass is 10.1. The highest BCUT2D eigenvalue weighted by Gasteiger charge is 2.25. The third kappa shape index (κ3) is 3.36. The molecule has 1 aromatic heterocycles. The van der Waals surface area contributed by atoms with Gasteiger partial charge in [0.2, 0.25) is 5.91 Å². The Balaban J connectivity index is 1.97. The van der Waals surface area contributed by atoms with Gasteiger partial charge in [-0.15, -0.1) is 0 Å². The number of hydrogen-bond donors (Lipinski definition) is 1. The zero-order valence-corrected chi connectivity index (χ0v) is 11.5. The van der Waals surface area contributed by atoms with Crippen molar-refractivity contribution in [3.05, 3.63) is 33.1 Å². The molecule has 0 aliphatic carbocycles. The highest BCUT2D eigenvalue weighted by molar-refractivity contribution is 5.76. The lowest BCUT2D eigenvalue weighted by Gasteiger charge is -2.35. The van der Waals surface area contributed by atoms with Crippen LogP contribution >= 0.6 is 0 Å². The zero-order valence-electron chi connectivity index (χ0n) is 11.5. The molecule has 0 aromatic carbocycles. The van der Waals surface area contributed by atoms with Crippen molar-refractivity contribution in [2.45, 2.75) is 32.4 Å². The van der Waals surface area contributed by atoms with Gasteiger partial charge in [-0.05, 0) is 6.42 Å². The molecule has 1 saturated heterocycles. The number of aromatic amines is 1. The molecule has 1 atom stereocenters. The number of carbonyl (C=O) groups is 1. The van der Waals surface area contributed by atoms with Crippen molar-refractivity contribution in [3.8, 4) is 0 Å². The molecule has 0 spiro atoms. The molecule has 1 aliphatic heterocycles. The van der Waals surface area contributed by atoms with Crippen LogP contribution in [0.15, 0.2) is 21.9 Å². The van der Waals surface area contributed by atoms with E-state index in [-0.39, 0.29) is 24.9 Å². The maximum atomic E-state index is 12.2. The van der Waals surface area contributed by atoms with Gasteiger partial charge in [0.15, 0.2) is 0 Å². The number of nitrogens with zero attached hydrogens (tertiary/aromatic N) is 2. The van der Waals surface area contributed by atoms with Crippen molar-refractivity contribution in [2.24, 2.45) is 0 Å². The van der Waals surface area contributed by atoms with Crippen LogP contribution in [0.2, 0.25) is 0 Å².